The van der Waals surface area contributed by atoms with Crippen LogP contribution < -0.4 is 0 Å². The topological polar surface area (TPSA) is 55.8 Å². The van der Waals surface area contributed by atoms with Gasteiger partial charge >= 0.3 is 126 Å². The van der Waals surface area contributed by atoms with E-state index in [-0.39, 0.29) is 17.7 Å². The van der Waals surface area contributed by atoms with Crippen LogP contribution in [-0.4, -0.2) is 60.2 Å². The van der Waals surface area contributed by atoms with Crippen LogP contribution >= 0.6 is 7.21 Å². The van der Waals surface area contributed by atoms with Crippen molar-refractivity contribution in [2.45, 2.75) is 33.0 Å². The number of hydrogen-bond acceptors (Lipinski definition) is 5. The van der Waals surface area contributed by atoms with Crippen LogP contribution in [0.4, 0.5) is 0 Å². The molecule has 0 saturated carbocycles. The van der Waals surface area contributed by atoms with Crippen molar-refractivity contribution in [3.63, 3.8) is 0 Å². The number of fused-ring (bicyclic) bond motifs is 1. The number of nitrogens with zero attached hydrogens (tertiary/aromatic N) is 2. The molecule has 2 rings (SSSR count). The minimum absolute atomic E-state index is 0.0327. The monoisotopic (exact) mass is 317 g/mol. The summed E-state index contributed by atoms with van der Waals surface area (Å²) in [6.07, 6.45) is 5.86. The van der Waals surface area contributed by atoms with Crippen molar-refractivity contribution in [2.75, 3.05) is 33.3 Å². The first-order chi connectivity index (χ1) is 9.69. The molecular weight excluding hydrogens is 291 g/mol. The molecule has 0 bridgehead atoms. The number of carbonyl (C=O) groups is 2. The number of hydrogen-bond donors (Lipinski definition) is 0. The quantitative estimate of drug-likeness (QED) is 0.587. The summed E-state index contributed by atoms with van der Waals surface area (Å²) in [5.74, 6) is -0.724. The Morgan fingerprint density at radius 3 is 2.38 bits per heavy atom. The predicted molar refractivity (Wildman–Crippen MR) is 82.2 cm³/mol. The average molecular weight is 317 g/mol. The second-order valence-corrected chi connectivity index (χ2v) is 10.5. The summed E-state index contributed by atoms with van der Waals surface area (Å²) in [5, 5.41) is 0. The van der Waals surface area contributed by atoms with Crippen molar-refractivity contribution >= 4 is 19.1 Å². The van der Waals surface area contributed by atoms with Gasteiger partial charge in [0.1, 0.15) is 0 Å². The van der Waals surface area contributed by atoms with Gasteiger partial charge in [0.05, 0.1) is 0 Å². The molecule has 0 aromatic carbocycles. The van der Waals surface area contributed by atoms with Gasteiger partial charge in [-0.3, -0.25) is 0 Å². The van der Waals surface area contributed by atoms with E-state index < -0.39 is 7.21 Å². The Morgan fingerprint density at radius 1 is 1.33 bits per heavy atom. The molecule has 2 aliphatic heterocycles. The van der Waals surface area contributed by atoms with Gasteiger partial charge in [0.15, 0.2) is 0 Å². The summed E-state index contributed by atoms with van der Waals surface area (Å²) in [4.78, 5) is 23.3. The van der Waals surface area contributed by atoms with E-state index in [1.807, 2.05) is 11.7 Å². The first kappa shape index (κ1) is 16.4. The summed E-state index contributed by atoms with van der Waals surface area (Å²) in [5.41, 5.74) is 0. The predicted octanol–water partition coefficient (Wildman–Crippen LogP) is 2.07. The van der Waals surface area contributed by atoms with Crippen LogP contribution in [0.15, 0.2) is 12.3 Å². The number of likely N-dealkylation sites (N-methyl/N-ethyl adjacent to an activating group) is 2. The van der Waals surface area contributed by atoms with Crippen molar-refractivity contribution in [3.8, 4) is 0 Å². The molecule has 2 unspecified atom stereocenters. The molecule has 0 spiro atoms. The van der Waals surface area contributed by atoms with Crippen molar-refractivity contribution in [2.24, 2.45) is 0 Å². The number of quaternary nitrogens is 1. The Balaban J connectivity index is 2.44. The van der Waals surface area contributed by atoms with Crippen LogP contribution in [0.3, 0.4) is 0 Å². The number of carbonyl (C=O) groups excluding carboxylic acids is 2. The summed E-state index contributed by atoms with van der Waals surface area (Å²) < 4.78 is 14.2. The fraction of sp³-hybridized carbons (Fsp3) is 0.714. The molecule has 0 amide bonds. The van der Waals surface area contributed by atoms with Gasteiger partial charge < -0.3 is 0 Å². The van der Waals surface area contributed by atoms with Gasteiger partial charge in [0.2, 0.25) is 0 Å². The molecule has 7 heteroatoms. The molecule has 21 heavy (non-hydrogen) atoms. The average Bonchev–Trinajstić information content (AvgIpc) is 3.03. The van der Waals surface area contributed by atoms with E-state index in [0.29, 0.717) is 10.6 Å². The van der Waals surface area contributed by atoms with Crippen molar-refractivity contribution in [1.29, 1.82) is 0 Å². The third-order valence-corrected chi connectivity index (χ3v) is 9.95. The van der Waals surface area contributed by atoms with Gasteiger partial charge in [-0.2, -0.15) is 0 Å². The fourth-order valence-corrected chi connectivity index (χ4v) is 9.25. The summed E-state index contributed by atoms with van der Waals surface area (Å²) >= 11 is 0. The van der Waals surface area contributed by atoms with E-state index in [4.69, 9.17) is 9.05 Å². The van der Waals surface area contributed by atoms with Crippen molar-refractivity contribution in [1.82, 2.24) is 4.67 Å². The second-order valence-electron chi connectivity index (χ2n) is 6.22. The molecule has 0 N–H and O–H groups in total. The Kier molecular flexibility index (Phi) is 3.94. The number of rotatable bonds is 4. The molecule has 2 atom stereocenters. The molecular formula is C14H26N2O4P+. The zero-order chi connectivity index (χ0) is 15.9. The molecule has 2 heterocycles. The van der Waals surface area contributed by atoms with Gasteiger partial charge in [-0.05, 0) is 0 Å². The van der Waals surface area contributed by atoms with Gasteiger partial charge in [-0.15, -0.1) is 0 Å². The molecule has 120 valence electrons. The van der Waals surface area contributed by atoms with Crippen LogP contribution in [0.2, 0.25) is 0 Å². The van der Waals surface area contributed by atoms with Gasteiger partial charge in [-0.25, -0.2) is 0 Å². The first-order valence-electron chi connectivity index (χ1n) is 7.36. The minimum atomic E-state index is -3.37. The zero-order valence-corrected chi connectivity index (χ0v) is 14.4. The maximum atomic E-state index is 11.7. The molecule has 6 nitrogen and oxygen atoms in total. The van der Waals surface area contributed by atoms with Gasteiger partial charge in [0, 0.05) is 0 Å². The van der Waals surface area contributed by atoms with E-state index in [2.05, 4.69) is 26.2 Å². The second kappa shape index (κ2) is 5.04. The summed E-state index contributed by atoms with van der Waals surface area (Å²) in [6, 6.07) is 0. The summed E-state index contributed by atoms with van der Waals surface area (Å²) in [7, 11) is 0.647. The van der Waals surface area contributed by atoms with E-state index in [1.165, 1.54) is 13.8 Å². The van der Waals surface area contributed by atoms with E-state index in [0.717, 1.165) is 19.5 Å². The van der Waals surface area contributed by atoms with Crippen LogP contribution in [0, 0.1) is 0 Å². The molecule has 0 aliphatic carbocycles. The molecule has 2 fully saturated rings. The molecule has 0 radical (unpaired) electrons. The van der Waals surface area contributed by atoms with Crippen LogP contribution in [-0.2, 0) is 18.6 Å². The maximum absolute atomic E-state index is 11.7. The van der Waals surface area contributed by atoms with Gasteiger partial charge in [-0.1, -0.05) is 0 Å². The van der Waals surface area contributed by atoms with Crippen LogP contribution in [0.25, 0.3) is 0 Å². The SMILES string of the molecule is CCC=C[N+]1(C)CCN(C)P2(OC(C)=O)(OC(C)=O)CC12. The molecule has 0 aromatic heterocycles. The third-order valence-electron chi connectivity index (χ3n) is 4.59. The first-order valence-corrected chi connectivity index (χ1v) is 9.64. The molecule has 2 saturated heterocycles. The number of allylic oxidation sites excluding steroid dienone is 1. The molecule has 2 aliphatic rings. The normalized spacial score (nSPS) is 35.3. The van der Waals surface area contributed by atoms with Crippen molar-refractivity contribution < 1.29 is 23.1 Å². The van der Waals surface area contributed by atoms with E-state index in [9.17, 15) is 9.59 Å². The van der Waals surface area contributed by atoms with E-state index in [1.54, 1.807) is 0 Å². The van der Waals surface area contributed by atoms with Gasteiger partial charge in [0.25, 0.3) is 0 Å². The summed E-state index contributed by atoms with van der Waals surface area (Å²) in [6.45, 7) is 6.50. The Morgan fingerprint density at radius 2 is 1.90 bits per heavy atom. The van der Waals surface area contributed by atoms with E-state index >= 15 is 0 Å². The van der Waals surface area contributed by atoms with Crippen LogP contribution in [0.1, 0.15) is 27.2 Å². The standard InChI is InChI=1S/C14H26N2O4P/c1-6-7-9-16(5)10-8-15(4)21(11-14(16)21,19-12(2)17)20-13(3)18/h7,9,14H,6,8,10-11H2,1-5H3/q+1. The van der Waals surface area contributed by atoms with Crippen molar-refractivity contribution in [3.05, 3.63) is 12.3 Å². The zero-order valence-electron chi connectivity index (χ0n) is 13.5. The fourth-order valence-electron chi connectivity index (χ4n) is 3.47. The van der Waals surface area contributed by atoms with Crippen LogP contribution in [0.5, 0.6) is 0 Å². The Bertz CT molecular complexity index is 491. The Hall–Kier alpha value is -0.970. The molecule has 0 aromatic rings. The Labute approximate surface area is 126 Å². The third kappa shape index (κ3) is 2.39.